The largest absolute Gasteiger partial charge is 0.367 e. The predicted molar refractivity (Wildman–Crippen MR) is 28.8 cm³/mol. The monoisotopic (exact) mass is 162 g/mol. The maximum absolute atomic E-state index is 5.18. The van der Waals surface area contributed by atoms with Gasteiger partial charge in [-0.3, -0.25) is 0 Å². The van der Waals surface area contributed by atoms with E-state index >= 15 is 0 Å². The first-order valence-corrected chi connectivity index (χ1v) is 2.33. The van der Waals surface area contributed by atoms with Gasteiger partial charge < -0.3 is 5.73 Å². The number of halogens is 1. The predicted octanol–water partition coefficient (Wildman–Crippen LogP) is 0.0183. The summed E-state index contributed by atoms with van der Waals surface area (Å²) in [5.74, 6) is 0.361. The molecule has 0 spiro atoms. The van der Waals surface area contributed by atoms with Gasteiger partial charge in [-0.25, -0.2) is 3.59 Å². The molecule has 0 aromatic carbocycles. The third kappa shape index (κ3) is 0.714. The second kappa shape index (κ2) is 1.49. The second-order valence-corrected chi connectivity index (χ2v) is 1.76. The average molecular weight is 163 g/mol. The Morgan fingerprint density at radius 3 is 2.71 bits per heavy atom. The zero-order valence-corrected chi connectivity index (χ0v) is 4.96. The molecule has 1 aromatic rings. The van der Waals surface area contributed by atoms with E-state index in [-0.39, 0.29) is 0 Å². The highest BCUT2D eigenvalue weighted by Crippen LogP contribution is 1.97. The van der Waals surface area contributed by atoms with Crippen LogP contribution in [0.3, 0.4) is 0 Å². The van der Waals surface area contributed by atoms with Gasteiger partial charge in [0.15, 0.2) is 0 Å². The fourth-order valence-electron chi connectivity index (χ4n) is 0.232. The van der Waals surface area contributed by atoms with E-state index in [1.807, 2.05) is 0 Å². The standard InChI is InChI=1S/C2H3BrN4/c3-7-1-5-6-2(7)4/h1H,(H2,4,6). The van der Waals surface area contributed by atoms with Gasteiger partial charge in [-0.05, 0) is 0 Å². The summed E-state index contributed by atoms with van der Waals surface area (Å²) in [6.45, 7) is 0. The van der Waals surface area contributed by atoms with E-state index in [0.717, 1.165) is 0 Å². The third-order valence-electron chi connectivity index (χ3n) is 0.532. The molecule has 0 fully saturated rings. The highest BCUT2D eigenvalue weighted by molar-refractivity contribution is 9.08. The van der Waals surface area contributed by atoms with E-state index in [1.54, 1.807) is 0 Å². The van der Waals surface area contributed by atoms with Crippen LogP contribution in [0.25, 0.3) is 0 Å². The molecule has 38 valence electrons. The van der Waals surface area contributed by atoms with Crippen LogP contribution in [0.4, 0.5) is 5.95 Å². The van der Waals surface area contributed by atoms with Crippen molar-refractivity contribution in [2.75, 3.05) is 5.73 Å². The van der Waals surface area contributed by atoms with E-state index in [9.17, 15) is 0 Å². The Bertz CT molecular complexity index is 142. The maximum atomic E-state index is 5.18. The molecule has 0 aliphatic heterocycles. The van der Waals surface area contributed by atoms with Crippen LogP contribution in [0.1, 0.15) is 0 Å². The Kier molecular flexibility index (Phi) is 0.976. The molecule has 0 bridgehead atoms. The van der Waals surface area contributed by atoms with Crippen molar-refractivity contribution in [3.05, 3.63) is 6.33 Å². The van der Waals surface area contributed by atoms with Crippen molar-refractivity contribution in [1.29, 1.82) is 0 Å². The Labute approximate surface area is 48.7 Å². The SMILES string of the molecule is Nc1nncn1Br. The van der Waals surface area contributed by atoms with E-state index in [0.29, 0.717) is 5.95 Å². The molecule has 0 saturated heterocycles. The van der Waals surface area contributed by atoms with Crippen LogP contribution < -0.4 is 5.73 Å². The molecular weight excluding hydrogens is 160 g/mol. The molecule has 5 heteroatoms. The van der Waals surface area contributed by atoms with Crippen LogP contribution >= 0.6 is 16.1 Å². The molecule has 0 radical (unpaired) electrons. The van der Waals surface area contributed by atoms with Crippen LogP contribution in [0.5, 0.6) is 0 Å². The first kappa shape index (κ1) is 4.58. The highest BCUT2D eigenvalue weighted by atomic mass is 79.9. The van der Waals surface area contributed by atoms with Gasteiger partial charge in [0.1, 0.15) is 6.33 Å². The summed E-state index contributed by atoms with van der Waals surface area (Å²) in [4.78, 5) is 0. The molecule has 1 rings (SSSR count). The smallest absolute Gasteiger partial charge is 0.232 e. The van der Waals surface area contributed by atoms with E-state index in [4.69, 9.17) is 5.73 Å². The van der Waals surface area contributed by atoms with Gasteiger partial charge in [-0.2, -0.15) is 0 Å². The summed E-state index contributed by atoms with van der Waals surface area (Å²) in [6.07, 6.45) is 1.47. The van der Waals surface area contributed by atoms with Gasteiger partial charge in [0.25, 0.3) is 0 Å². The number of nitrogens with zero attached hydrogens (tertiary/aromatic N) is 3. The number of rotatable bonds is 0. The van der Waals surface area contributed by atoms with Crippen LogP contribution in [0.15, 0.2) is 6.33 Å². The second-order valence-electron chi connectivity index (χ2n) is 1.00. The zero-order chi connectivity index (χ0) is 5.28. The van der Waals surface area contributed by atoms with Crippen molar-refractivity contribution in [2.24, 2.45) is 0 Å². The van der Waals surface area contributed by atoms with Gasteiger partial charge in [0, 0.05) is 0 Å². The van der Waals surface area contributed by atoms with Crippen LogP contribution in [-0.4, -0.2) is 13.8 Å². The fourth-order valence-corrected chi connectivity index (χ4v) is 0.385. The molecule has 4 nitrogen and oxygen atoms in total. The minimum absolute atomic E-state index is 0.361. The Morgan fingerprint density at radius 1 is 1.86 bits per heavy atom. The molecule has 1 aromatic heterocycles. The number of nitrogens with two attached hydrogens (primary N) is 1. The lowest BCUT2D eigenvalue weighted by atomic mass is 11.1. The number of anilines is 1. The van der Waals surface area contributed by atoms with E-state index in [1.165, 1.54) is 9.92 Å². The van der Waals surface area contributed by atoms with Crippen LogP contribution in [0, 0.1) is 0 Å². The molecule has 0 unspecified atom stereocenters. The quantitative estimate of drug-likeness (QED) is 0.586. The molecule has 2 N–H and O–H groups in total. The van der Waals surface area contributed by atoms with Crippen molar-refractivity contribution < 1.29 is 0 Å². The summed E-state index contributed by atoms with van der Waals surface area (Å²) in [5, 5.41) is 6.92. The van der Waals surface area contributed by atoms with Crippen molar-refractivity contribution in [3.8, 4) is 0 Å². The van der Waals surface area contributed by atoms with Crippen LogP contribution in [-0.2, 0) is 0 Å². The van der Waals surface area contributed by atoms with Gasteiger partial charge >= 0.3 is 0 Å². The van der Waals surface area contributed by atoms with E-state index in [2.05, 4.69) is 26.3 Å². The molecule has 0 saturated carbocycles. The molecular formula is C2H3BrN4. The first-order chi connectivity index (χ1) is 3.30. The van der Waals surface area contributed by atoms with E-state index < -0.39 is 0 Å². The first-order valence-electron chi connectivity index (χ1n) is 1.62. The minimum Gasteiger partial charge on any atom is -0.367 e. The lowest BCUT2D eigenvalue weighted by Gasteiger charge is -1.81. The van der Waals surface area contributed by atoms with Crippen molar-refractivity contribution >= 4 is 22.1 Å². The number of hydrogen-bond donors (Lipinski definition) is 1. The highest BCUT2D eigenvalue weighted by Gasteiger charge is 1.88. The Balaban J connectivity index is 3.12. The molecule has 0 aliphatic carbocycles. The summed E-state index contributed by atoms with van der Waals surface area (Å²) in [6, 6.07) is 0. The van der Waals surface area contributed by atoms with Gasteiger partial charge in [-0.15, -0.1) is 10.2 Å². The topological polar surface area (TPSA) is 56.7 Å². The molecule has 7 heavy (non-hydrogen) atoms. The van der Waals surface area contributed by atoms with Crippen molar-refractivity contribution in [1.82, 2.24) is 13.8 Å². The number of aromatic nitrogens is 3. The minimum atomic E-state index is 0.361. The average Bonchev–Trinajstić information content (AvgIpc) is 1.91. The van der Waals surface area contributed by atoms with Gasteiger partial charge in [-0.1, -0.05) is 0 Å². The summed E-state index contributed by atoms with van der Waals surface area (Å²) < 4.78 is 1.45. The lowest BCUT2D eigenvalue weighted by molar-refractivity contribution is 1.10. The fraction of sp³-hybridized carbons (Fsp3) is 0. The molecule has 0 atom stereocenters. The normalized spacial score (nSPS) is 9.29. The maximum Gasteiger partial charge on any atom is 0.232 e. The van der Waals surface area contributed by atoms with Crippen molar-refractivity contribution in [2.45, 2.75) is 0 Å². The summed E-state index contributed by atoms with van der Waals surface area (Å²) in [7, 11) is 0. The zero-order valence-electron chi connectivity index (χ0n) is 3.37. The Morgan fingerprint density at radius 2 is 2.57 bits per heavy atom. The van der Waals surface area contributed by atoms with Crippen LogP contribution in [0.2, 0.25) is 0 Å². The molecule has 0 aliphatic rings. The Hall–Kier alpha value is -0.580. The van der Waals surface area contributed by atoms with Gasteiger partial charge in [0.05, 0.1) is 16.1 Å². The number of nitrogen functional groups attached to an aromatic ring is 1. The summed E-state index contributed by atoms with van der Waals surface area (Å²) in [5.41, 5.74) is 5.18. The lowest BCUT2D eigenvalue weighted by Crippen LogP contribution is -1.89. The van der Waals surface area contributed by atoms with Crippen molar-refractivity contribution in [3.63, 3.8) is 0 Å². The molecule has 0 amide bonds. The summed E-state index contributed by atoms with van der Waals surface area (Å²) >= 11 is 3.03. The number of hydrogen-bond acceptors (Lipinski definition) is 3. The van der Waals surface area contributed by atoms with Gasteiger partial charge in [0.2, 0.25) is 5.95 Å². The molecule has 1 heterocycles. The third-order valence-corrected chi connectivity index (χ3v) is 1.08.